The van der Waals surface area contributed by atoms with Crippen molar-refractivity contribution in [1.29, 1.82) is 0 Å². The van der Waals surface area contributed by atoms with Crippen LogP contribution in [0.3, 0.4) is 0 Å². The lowest BCUT2D eigenvalue weighted by Crippen LogP contribution is -2.09. The highest BCUT2D eigenvalue weighted by Gasteiger charge is 2.06. The smallest absolute Gasteiger partial charge is 0.111 e. The van der Waals surface area contributed by atoms with Crippen molar-refractivity contribution in [3.63, 3.8) is 0 Å². The Bertz CT molecular complexity index is 136. The number of allylic oxidation sites excluding steroid dienone is 1. The molecular formula is C8H12O. The molecule has 0 aromatic carbocycles. The van der Waals surface area contributed by atoms with E-state index in [0.717, 1.165) is 18.8 Å². The first-order valence-electron chi connectivity index (χ1n) is 3.33. The highest BCUT2D eigenvalue weighted by atomic mass is 16.5. The highest BCUT2D eigenvalue weighted by molar-refractivity contribution is 5.11. The van der Waals surface area contributed by atoms with Crippen LogP contribution < -0.4 is 0 Å². The van der Waals surface area contributed by atoms with Gasteiger partial charge in [-0.25, -0.2) is 0 Å². The second-order valence-electron chi connectivity index (χ2n) is 2.30. The molecule has 0 bridgehead atoms. The van der Waals surface area contributed by atoms with Crippen LogP contribution in [0.4, 0.5) is 0 Å². The van der Waals surface area contributed by atoms with Gasteiger partial charge < -0.3 is 4.74 Å². The summed E-state index contributed by atoms with van der Waals surface area (Å²) in [7, 11) is 0. The van der Waals surface area contributed by atoms with Crippen molar-refractivity contribution in [3.8, 4) is 0 Å². The van der Waals surface area contributed by atoms with Crippen LogP contribution in [0.2, 0.25) is 0 Å². The molecule has 1 heterocycles. The van der Waals surface area contributed by atoms with Crippen molar-refractivity contribution in [1.82, 2.24) is 0 Å². The van der Waals surface area contributed by atoms with E-state index in [2.05, 4.69) is 19.6 Å². The number of hydrogen-bond donors (Lipinski definition) is 0. The van der Waals surface area contributed by atoms with E-state index in [1.165, 1.54) is 0 Å². The molecular weight excluding hydrogens is 112 g/mol. The average Bonchev–Trinajstić information content (AvgIpc) is 1.90. The molecule has 1 aliphatic rings. The molecule has 0 aromatic heterocycles. The SMILES string of the molecule is C=C1C=CC(CC)CO1. The minimum absolute atomic E-state index is 0.607. The zero-order chi connectivity index (χ0) is 6.69. The van der Waals surface area contributed by atoms with E-state index in [1.807, 2.05) is 6.08 Å². The Balaban J connectivity index is 2.48. The van der Waals surface area contributed by atoms with Gasteiger partial charge in [0.1, 0.15) is 5.76 Å². The van der Waals surface area contributed by atoms with E-state index in [9.17, 15) is 0 Å². The molecule has 1 heteroatoms. The average molecular weight is 124 g/mol. The van der Waals surface area contributed by atoms with Crippen LogP contribution in [0.15, 0.2) is 24.5 Å². The molecule has 1 atom stereocenters. The van der Waals surface area contributed by atoms with E-state index >= 15 is 0 Å². The van der Waals surface area contributed by atoms with Crippen molar-refractivity contribution in [2.24, 2.45) is 5.92 Å². The Kier molecular flexibility index (Phi) is 1.93. The Morgan fingerprint density at radius 3 is 3.11 bits per heavy atom. The van der Waals surface area contributed by atoms with Gasteiger partial charge in [0.15, 0.2) is 0 Å². The van der Waals surface area contributed by atoms with Gasteiger partial charge in [-0.1, -0.05) is 19.6 Å². The highest BCUT2D eigenvalue weighted by Crippen LogP contribution is 2.14. The van der Waals surface area contributed by atoms with Crippen LogP contribution in [0.25, 0.3) is 0 Å². The molecule has 0 aromatic rings. The summed E-state index contributed by atoms with van der Waals surface area (Å²) in [5, 5.41) is 0. The van der Waals surface area contributed by atoms with Gasteiger partial charge in [0.05, 0.1) is 6.61 Å². The monoisotopic (exact) mass is 124 g/mol. The second-order valence-corrected chi connectivity index (χ2v) is 2.30. The predicted octanol–water partition coefficient (Wildman–Crippen LogP) is 2.11. The van der Waals surface area contributed by atoms with Crippen LogP contribution in [0, 0.1) is 5.92 Å². The molecule has 1 aliphatic heterocycles. The van der Waals surface area contributed by atoms with Crippen LogP contribution in [0.5, 0.6) is 0 Å². The lowest BCUT2D eigenvalue weighted by Gasteiger charge is -2.16. The molecule has 0 fully saturated rings. The van der Waals surface area contributed by atoms with Crippen molar-refractivity contribution >= 4 is 0 Å². The zero-order valence-corrected chi connectivity index (χ0v) is 5.76. The number of hydrogen-bond acceptors (Lipinski definition) is 1. The molecule has 1 unspecified atom stereocenters. The van der Waals surface area contributed by atoms with Gasteiger partial charge in [-0.15, -0.1) is 0 Å². The zero-order valence-electron chi connectivity index (χ0n) is 5.76. The fourth-order valence-electron chi connectivity index (χ4n) is 0.815. The van der Waals surface area contributed by atoms with Crippen LogP contribution in [0.1, 0.15) is 13.3 Å². The lowest BCUT2D eigenvalue weighted by atomic mass is 10.1. The summed E-state index contributed by atoms with van der Waals surface area (Å²) >= 11 is 0. The van der Waals surface area contributed by atoms with Gasteiger partial charge in [-0.2, -0.15) is 0 Å². The standard InChI is InChI=1S/C8H12O/c1-3-8-5-4-7(2)9-6-8/h4-5,8H,2-3,6H2,1H3. The van der Waals surface area contributed by atoms with Gasteiger partial charge in [0.2, 0.25) is 0 Å². The minimum atomic E-state index is 0.607. The molecule has 0 spiro atoms. The molecule has 0 saturated carbocycles. The van der Waals surface area contributed by atoms with E-state index < -0.39 is 0 Å². The van der Waals surface area contributed by atoms with Gasteiger partial charge in [0.25, 0.3) is 0 Å². The fourth-order valence-corrected chi connectivity index (χ4v) is 0.815. The van der Waals surface area contributed by atoms with E-state index in [4.69, 9.17) is 4.74 Å². The van der Waals surface area contributed by atoms with Crippen molar-refractivity contribution in [2.45, 2.75) is 13.3 Å². The van der Waals surface area contributed by atoms with E-state index in [-0.39, 0.29) is 0 Å². The summed E-state index contributed by atoms with van der Waals surface area (Å²) in [5.74, 6) is 1.40. The maximum absolute atomic E-state index is 5.20. The first kappa shape index (κ1) is 6.40. The van der Waals surface area contributed by atoms with Crippen molar-refractivity contribution in [2.75, 3.05) is 6.61 Å². The summed E-state index contributed by atoms with van der Waals surface area (Å²) in [4.78, 5) is 0. The molecule has 1 rings (SSSR count). The van der Waals surface area contributed by atoms with Crippen molar-refractivity contribution in [3.05, 3.63) is 24.5 Å². The maximum atomic E-state index is 5.20. The minimum Gasteiger partial charge on any atom is -0.494 e. The third-order valence-electron chi connectivity index (χ3n) is 1.56. The van der Waals surface area contributed by atoms with Gasteiger partial charge >= 0.3 is 0 Å². The lowest BCUT2D eigenvalue weighted by molar-refractivity contribution is 0.182. The van der Waals surface area contributed by atoms with Gasteiger partial charge in [0, 0.05) is 5.92 Å². The molecule has 0 aliphatic carbocycles. The van der Waals surface area contributed by atoms with Gasteiger partial charge in [-0.05, 0) is 12.5 Å². The molecule has 50 valence electrons. The Labute approximate surface area is 56.0 Å². The topological polar surface area (TPSA) is 9.23 Å². The number of rotatable bonds is 1. The summed E-state index contributed by atoms with van der Waals surface area (Å²) in [6.07, 6.45) is 5.26. The van der Waals surface area contributed by atoms with Crippen molar-refractivity contribution < 1.29 is 4.74 Å². The third kappa shape index (κ3) is 1.60. The molecule has 0 amide bonds. The quantitative estimate of drug-likeness (QED) is 0.520. The maximum Gasteiger partial charge on any atom is 0.111 e. The summed E-state index contributed by atoms with van der Waals surface area (Å²) < 4.78 is 5.20. The first-order valence-corrected chi connectivity index (χ1v) is 3.33. The number of ether oxygens (including phenoxy) is 1. The van der Waals surface area contributed by atoms with Crippen LogP contribution in [-0.2, 0) is 4.74 Å². The normalized spacial score (nSPS) is 25.9. The Hall–Kier alpha value is -0.720. The van der Waals surface area contributed by atoms with Gasteiger partial charge in [-0.3, -0.25) is 0 Å². The fraction of sp³-hybridized carbons (Fsp3) is 0.500. The van der Waals surface area contributed by atoms with Crippen LogP contribution >= 0.6 is 0 Å². The Morgan fingerprint density at radius 2 is 2.67 bits per heavy atom. The Morgan fingerprint density at radius 1 is 1.89 bits per heavy atom. The molecule has 0 radical (unpaired) electrons. The largest absolute Gasteiger partial charge is 0.494 e. The van der Waals surface area contributed by atoms with E-state index in [1.54, 1.807) is 0 Å². The molecule has 0 saturated heterocycles. The van der Waals surface area contributed by atoms with Crippen LogP contribution in [-0.4, -0.2) is 6.61 Å². The molecule has 9 heavy (non-hydrogen) atoms. The summed E-state index contributed by atoms with van der Waals surface area (Å²) in [5.41, 5.74) is 0. The predicted molar refractivity (Wildman–Crippen MR) is 38.0 cm³/mol. The third-order valence-corrected chi connectivity index (χ3v) is 1.56. The summed E-state index contributed by atoms with van der Waals surface area (Å²) in [6.45, 7) is 6.64. The second kappa shape index (κ2) is 2.72. The summed E-state index contributed by atoms with van der Waals surface area (Å²) in [6, 6.07) is 0. The molecule has 1 nitrogen and oxygen atoms in total. The first-order chi connectivity index (χ1) is 4.33. The molecule has 0 N–H and O–H groups in total. The van der Waals surface area contributed by atoms with E-state index in [0.29, 0.717) is 5.92 Å².